The molecule has 0 radical (unpaired) electrons. The highest BCUT2D eigenvalue weighted by molar-refractivity contribution is 6.36. The van der Waals surface area contributed by atoms with Crippen molar-refractivity contribution in [3.63, 3.8) is 0 Å². The number of fused-ring (bicyclic) bond motifs is 1. The van der Waals surface area contributed by atoms with Crippen molar-refractivity contribution in [1.29, 1.82) is 0 Å². The molecule has 0 aliphatic rings. The molecule has 3 aromatic rings. The summed E-state index contributed by atoms with van der Waals surface area (Å²) in [6.45, 7) is 3.59. The molecule has 0 aliphatic carbocycles. The lowest BCUT2D eigenvalue weighted by atomic mass is 10.2. The van der Waals surface area contributed by atoms with Crippen LogP contribution in [0.2, 0.25) is 5.02 Å². The molecule has 0 amide bonds. The molecule has 0 atom stereocenters. The van der Waals surface area contributed by atoms with Gasteiger partial charge in [0, 0.05) is 23.6 Å². The number of rotatable bonds is 4. The highest BCUT2D eigenvalue weighted by Gasteiger charge is 2.08. The molecule has 2 N–H and O–H groups in total. The van der Waals surface area contributed by atoms with Gasteiger partial charge in [0.15, 0.2) is 0 Å². The van der Waals surface area contributed by atoms with Crippen LogP contribution in [0.5, 0.6) is 0 Å². The summed E-state index contributed by atoms with van der Waals surface area (Å²) in [5.74, 6) is 0. The highest BCUT2D eigenvalue weighted by atomic mass is 35.5. The molecule has 0 bridgehead atoms. The van der Waals surface area contributed by atoms with Crippen molar-refractivity contribution >= 4 is 28.2 Å². The van der Waals surface area contributed by atoms with Crippen LogP contribution < -0.4 is 5.32 Å². The molecule has 0 unspecified atom stereocenters. The monoisotopic (exact) mass is 274 g/mol. The van der Waals surface area contributed by atoms with Crippen molar-refractivity contribution < 1.29 is 0 Å². The maximum absolute atomic E-state index is 6.36. The number of nitrogens with one attached hydrogen (secondary N) is 2. The number of aromatic nitrogens is 3. The van der Waals surface area contributed by atoms with E-state index in [0.29, 0.717) is 6.54 Å². The van der Waals surface area contributed by atoms with Crippen LogP contribution in [0.4, 0.5) is 5.69 Å². The third kappa shape index (κ3) is 2.31. The minimum Gasteiger partial charge on any atom is -0.377 e. The second kappa shape index (κ2) is 4.97. The van der Waals surface area contributed by atoms with Crippen molar-refractivity contribution in [2.45, 2.75) is 20.0 Å². The standard InChI is InChI=1S/C14H15ClN4/c1-2-19-9-10(7-17-19)16-8-13-14(15)11-5-3-4-6-12(11)18-13/h3-7,9,16,18H,2,8H2,1H3. The van der Waals surface area contributed by atoms with E-state index in [0.717, 1.165) is 33.9 Å². The van der Waals surface area contributed by atoms with Gasteiger partial charge in [0.2, 0.25) is 0 Å². The average Bonchev–Trinajstić information content (AvgIpc) is 3.02. The Morgan fingerprint density at radius 1 is 1.37 bits per heavy atom. The number of H-pyrrole nitrogens is 1. The van der Waals surface area contributed by atoms with Gasteiger partial charge in [0.05, 0.1) is 29.1 Å². The molecule has 2 heterocycles. The fourth-order valence-corrected chi connectivity index (χ4v) is 2.38. The molecule has 98 valence electrons. The smallest absolute Gasteiger partial charge is 0.0729 e. The van der Waals surface area contributed by atoms with E-state index < -0.39 is 0 Å². The van der Waals surface area contributed by atoms with Gasteiger partial charge in [0.1, 0.15) is 0 Å². The van der Waals surface area contributed by atoms with Crippen LogP contribution in [0.3, 0.4) is 0 Å². The number of halogens is 1. The second-order valence-electron chi connectivity index (χ2n) is 4.40. The van der Waals surface area contributed by atoms with E-state index in [1.165, 1.54) is 0 Å². The number of anilines is 1. The second-order valence-corrected chi connectivity index (χ2v) is 4.78. The quantitative estimate of drug-likeness (QED) is 0.763. The van der Waals surface area contributed by atoms with Crippen LogP contribution >= 0.6 is 11.6 Å². The largest absolute Gasteiger partial charge is 0.377 e. The lowest BCUT2D eigenvalue weighted by molar-refractivity contribution is 0.660. The van der Waals surface area contributed by atoms with Crippen molar-refractivity contribution in [1.82, 2.24) is 14.8 Å². The van der Waals surface area contributed by atoms with Crippen molar-refractivity contribution in [3.05, 3.63) is 47.4 Å². The van der Waals surface area contributed by atoms with Gasteiger partial charge < -0.3 is 10.3 Å². The minimum atomic E-state index is 0.656. The SMILES string of the molecule is CCn1cc(NCc2[nH]c3ccccc3c2Cl)cn1. The first-order valence-corrected chi connectivity index (χ1v) is 6.67. The Morgan fingerprint density at radius 3 is 2.95 bits per heavy atom. The number of hydrogen-bond acceptors (Lipinski definition) is 2. The molecule has 2 aromatic heterocycles. The van der Waals surface area contributed by atoms with E-state index in [2.05, 4.69) is 22.3 Å². The molecule has 4 nitrogen and oxygen atoms in total. The van der Waals surface area contributed by atoms with Crippen LogP contribution in [-0.2, 0) is 13.1 Å². The Hall–Kier alpha value is -1.94. The lowest BCUT2D eigenvalue weighted by Gasteiger charge is -2.01. The van der Waals surface area contributed by atoms with E-state index in [9.17, 15) is 0 Å². The zero-order valence-electron chi connectivity index (χ0n) is 10.7. The van der Waals surface area contributed by atoms with E-state index in [-0.39, 0.29) is 0 Å². The number of hydrogen-bond donors (Lipinski definition) is 2. The van der Waals surface area contributed by atoms with Gasteiger partial charge in [-0.05, 0) is 13.0 Å². The molecule has 5 heteroatoms. The topological polar surface area (TPSA) is 45.6 Å². The van der Waals surface area contributed by atoms with Crippen LogP contribution in [0.25, 0.3) is 10.9 Å². The first-order chi connectivity index (χ1) is 9.28. The summed E-state index contributed by atoms with van der Waals surface area (Å²) < 4.78 is 1.88. The zero-order chi connectivity index (χ0) is 13.2. The molecule has 0 spiro atoms. The van der Waals surface area contributed by atoms with Gasteiger partial charge in [-0.25, -0.2) is 0 Å². The first kappa shape index (κ1) is 12.1. The maximum atomic E-state index is 6.36. The van der Waals surface area contributed by atoms with Gasteiger partial charge in [-0.15, -0.1) is 0 Å². The summed E-state index contributed by atoms with van der Waals surface area (Å²) >= 11 is 6.36. The van der Waals surface area contributed by atoms with Crippen LogP contribution in [0, 0.1) is 0 Å². The van der Waals surface area contributed by atoms with Gasteiger partial charge in [-0.3, -0.25) is 4.68 Å². The van der Waals surface area contributed by atoms with E-state index in [4.69, 9.17) is 11.6 Å². The number of nitrogens with zero attached hydrogens (tertiary/aromatic N) is 2. The maximum Gasteiger partial charge on any atom is 0.0729 e. The number of aryl methyl sites for hydroxylation is 1. The van der Waals surface area contributed by atoms with Gasteiger partial charge >= 0.3 is 0 Å². The number of aromatic amines is 1. The van der Waals surface area contributed by atoms with Crippen molar-refractivity contribution in [2.24, 2.45) is 0 Å². The summed E-state index contributed by atoms with van der Waals surface area (Å²) in [7, 11) is 0. The molecule has 3 rings (SSSR count). The molecular formula is C14H15ClN4. The Labute approximate surface area is 116 Å². The summed E-state index contributed by atoms with van der Waals surface area (Å²) in [4.78, 5) is 3.33. The van der Waals surface area contributed by atoms with Crippen LogP contribution in [-0.4, -0.2) is 14.8 Å². The van der Waals surface area contributed by atoms with Gasteiger partial charge in [-0.2, -0.15) is 5.10 Å². The van der Waals surface area contributed by atoms with Crippen LogP contribution in [0.1, 0.15) is 12.6 Å². The Kier molecular flexibility index (Phi) is 3.17. The van der Waals surface area contributed by atoms with E-state index in [1.54, 1.807) is 0 Å². The fraction of sp³-hybridized carbons (Fsp3) is 0.214. The lowest BCUT2D eigenvalue weighted by Crippen LogP contribution is -1.99. The normalized spacial score (nSPS) is 11.1. The summed E-state index contributed by atoms with van der Waals surface area (Å²) in [5.41, 5.74) is 3.05. The van der Waals surface area contributed by atoms with Crippen molar-refractivity contribution in [2.75, 3.05) is 5.32 Å². The average molecular weight is 275 g/mol. The van der Waals surface area contributed by atoms with Gasteiger partial charge in [-0.1, -0.05) is 29.8 Å². The fourth-order valence-electron chi connectivity index (χ4n) is 2.10. The molecule has 0 aliphatic heterocycles. The Morgan fingerprint density at radius 2 is 2.21 bits per heavy atom. The van der Waals surface area contributed by atoms with Crippen LogP contribution in [0.15, 0.2) is 36.7 Å². The van der Waals surface area contributed by atoms with Crippen molar-refractivity contribution in [3.8, 4) is 0 Å². The molecule has 0 saturated heterocycles. The summed E-state index contributed by atoms with van der Waals surface area (Å²) in [5, 5.41) is 9.39. The van der Waals surface area contributed by atoms with E-state index in [1.807, 2.05) is 41.3 Å². The summed E-state index contributed by atoms with van der Waals surface area (Å²) in [6.07, 6.45) is 3.80. The number of para-hydroxylation sites is 1. The predicted octanol–water partition coefficient (Wildman–Crippen LogP) is 3.65. The molecule has 0 fully saturated rings. The Bertz CT molecular complexity index is 698. The third-order valence-electron chi connectivity index (χ3n) is 3.14. The molecule has 19 heavy (non-hydrogen) atoms. The predicted molar refractivity (Wildman–Crippen MR) is 78.5 cm³/mol. The highest BCUT2D eigenvalue weighted by Crippen LogP contribution is 2.27. The minimum absolute atomic E-state index is 0.656. The van der Waals surface area contributed by atoms with E-state index >= 15 is 0 Å². The first-order valence-electron chi connectivity index (χ1n) is 6.29. The Balaban J connectivity index is 1.79. The third-order valence-corrected chi connectivity index (χ3v) is 3.57. The summed E-state index contributed by atoms with van der Waals surface area (Å²) in [6, 6.07) is 8.04. The zero-order valence-corrected chi connectivity index (χ0v) is 11.4. The van der Waals surface area contributed by atoms with Gasteiger partial charge in [0.25, 0.3) is 0 Å². The number of benzene rings is 1. The molecular weight excluding hydrogens is 260 g/mol. The molecule has 0 saturated carbocycles. The molecule has 1 aromatic carbocycles.